The number of halogens is 3. The molecule has 176 valence electrons. The zero-order valence-corrected chi connectivity index (χ0v) is 20.7. The van der Waals surface area contributed by atoms with Crippen molar-refractivity contribution in [1.29, 1.82) is 0 Å². The summed E-state index contributed by atoms with van der Waals surface area (Å²) >= 11 is 0. The first-order chi connectivity index (χ1) is 14.6. The molecule has 6 nitrogen and oxygen atoms in total. The second-order valence-electron chi connectivity index (χ2n) is 7.95. The van der Waals surface area contributed by atoms with Crippen molar-refractivity contribution in [3.8, 4) is 11.5 Å². The zero-order chi connectivity index (χ0) is 21.3. The predicted octanol–water partition coefficient (Wildman–Crippen LogP) is 4.23. The summed E-state index contributed by atoms with van der Waals surface area (Å²) in [6.45, 7) is 5.79. The molecule has 1 aromatic carbocycles. The quantitative estimate of drug-likeness (QED) is 0.245. The van der Waals surface area contributed by atoms with E-state index in [1.807, 2.05) is 13.8 Å². The molecule has 3 rings (SSSR count). The average molecular weight is 552 g/mol. The van der Waals surface area contributed by atoms with Crippen LogP contribution < -0.4 is 20.1 Å². The lowest BCUT2D eigenvalue weighted by molar-refractivity contribution is -0.0505. The molecule has 1 saturated heterocycles. The van der Waals surface area contributed by atoms with Crippen molar-refractivity contribution < 1.29 is 18.3 Å². The van der Waals surface area contributed by atoms with Crippen LogP contribution in [0, 0.1) is 5.92 Å². The largest absolute Gasteiger partial charge is 0.493 e. The summed E-state index contributed by atoms with van der Waals surface area (Å²) in [6, 6.07) is 5.83. The van der Waals surface area contributed by atoms with Crippen LogP contribution >= 0.6 is 24.0 Å². The number of likely N-dealkylation sites (tertiary alicyclic amines) is 1. The summed E-state index contributed by atoms with van der Waals surface area (Å²) in [7, 11) is 0. The van der Waals surface area contributed by atoms with Gasteiger partial charge in [0.15, 0.2) is 5.96 Å². The lowest BCUT2D eigenvalue weighted by atomic mass is 10.1. The van der Waals surface area contributed by atoms with Gasteiger partial charge in [0, 0.05) is 37.3 Å². The number of hydrogen-bond donors (Lipinski definition) is 2. The number of aliphatic imine (C=N–C) groups is 1. The molecular formula is C22H35F2IN4O2. The van der Waals surface area contributed by atoms with Gasteiger partial charge < -0.3 is 25.0 Å². The molecular weight excluding hydrogens is 517 g/mol. The van der Waals surface area contributed by atoms with Crippen molar-refractivity contribution in [3.63, 3.8) is 0 Å². The molecule has 1 aromatic rings. The van der Waals surface area contributed by atoms with Gasteiger partial charge in [-0.2, -0.15) is 8.78 Å². The number of nitrogens with zero attached hydrogens (tertiary/aromatic N) is 2. The van der Waals surface area contributed by atoms with E-state index in [2.05, 4.69) is 20.5 Å². The fraction of sp³-hybridized carbons (Fsp3) is 0.682. The van der Waals surface area contributed by atoms with E-state index in [1.165, 1.54) is 31.9 Å². The zero-order valence-electron chi connectivity index (χ0n) is 18.4. The van der Waals surface area contributed by atoms with Gasteiger partial charge >= 0.3 is 6.61 Å². The van der Waals surface area contributed by atoms with E-state index in [0.29, 0.717) is 29.8 Å². The van der Waals surface area contributed by atoms with Crippen LogP contribution in [0.3, 0.4) is 0 Å². The molecule has 0 bridgehead atoms. The summed E-state index contributed by atoms with van der Waals surface area (Å²) in [5, 5.41) is 6.65. The van der Waals surface area contributed by atoms with Gasteiger partial charge in [0.25, 0.3) is 0 Å². The number of nitrogens with one attached hydrogen (secondary N) is 2. The summed E-state index contributed by atoms with van der Waals surface area (Å²) in [5.74, 6) is 1.93. The van der Waals surface area contributed by atoms with Gasteiger partial charge in [-0.1, -0.05) is 6.92 Å². The summed E-state index contributed by atoms with van der Waals surface area (Å²) in [5.41, 5.74) is 0.595. The van der Waals surface area contributed by atoms with E-state index in [0.717, 1.165) is 32.1 Å². The van der Waals surface area contributed by atoms with Gasteiger partial charge in [-0.25, -0.2) is 4.99 Å². The Bertz CT molecular complexity index is 704. The van der Waals surface area contributed by atoms with E-state index < -0.39 is 6.61 Å². The summed E-state index contributed by atoms with van der Waals surface area (Å²) in [6.07, 6.45) is 4.73. The van der Waals surface area contributed by atoms with Crippen molar-refractivity contribution in [2.75, 3.05) is 32.8 Å². The highest BCUT2D eigenvalue weighted by molar-refractivity contribution is 14.0. The van der Waals surface area contributed by atoms with Crippen LogP contribution in [-0.4, -0.2) is 56.3 Å². The Morgan fingerprint density at radius 3 is 2.71 bits per heavy atom. The molecule has 1 aliphatic heterocycles. The topological polar surface area (TPSA) is 58.1 Å². The molecule has 1 aliphatic carbocycles. The molecule has 2 N–H and O–H groups in total. The minimum atomic E-state index is -2.89. The van der Waals surface area contributed by atoms with Crippen molar-refractivity contribution in [2.45, 2.75) is 58.7 Å². The van der Waals surface area contributed by atoms with Crippen LogP contribution in [-0.2, 0) is 6.54 Å². The van der Waals surface area contributed by atoms with Crippen LogP contribution in [0.2, 0.25) is 0 Å². The monoisotopic (exact) mass is 552 g/mol. The minimum absolute atomic E-state index is 0. The van der Waals surface area contributed by atoms with E-state index >= 15 is 0 Å². The highest BCUT2D eigenvalue weighted by Gasteiger charge is 2.34. The highest BCUT2D eigenvalue weighted by atomic mass is 127. The molecule has 0 aromatic heterocycles. The second kappa shape index (κ2) is 13.2. The molecule has 2 fully saturated rings. The first-order valence-corrected chi connectivity index (χ1v) is 11.1. The second-order valence-corrected chi connectivity index (χ2v) is 7.95. The maximum Gasteiger partial charge on any atom is 0.387 e. The van der Waals surface area contributed by atoms with Crippen LogP contribution in [0.4, 0.5) is 8.78 Å². The van der Waals surface area contributed by atoms with Gasteiger partial charge in [-0.3, -0.25) is 0 Å². The minimum Gasteiger partial charge on any atom is -0.493 e. The third-order valence-electron chi connectivity index (χ3n) is 5.42. The standard InChI is InChI=1S/C22H34F2N4O2.HI/c1-3-11-29-19-8-5-17(20(12-19)30-21(23)24)14-27-22(25-4-2)26-13-16-9-10-28(15-16)18-6-7-18;/h5,8,12,16,18,21H,3-4,6-7,9-11,13-15H2,1-2H3,(H2,25,26,27);1H. The highest BCUT2D eigenvalue weighted by Crippen LogP contribution is 2.31. The molecule has 0 radical (unpaired) electrons. The van der Waals surface area contributed by atoms with Crippen molar-refractivity contribution in [3.05, 3.63) is 23.8 Å². The average Bonchev–Trinajstić information content (AvgIpc) is 3.47. The van der Waals surface area contributed by atoms with E-state index in [4.69, 9.17) is 9.47 Å². The van der Waals surface area contributed by atoms with Crippen LogP contribution in [0.5, 0.6) is 11.5 Å². The summed E-state index contributed by atoms with van der Waals surface area (Å²) < 4.78 is 36.0. The number of hydrogen-bond acceptors (Lipinski definition) is 4. The Kier molecular flexibility index (Phi) is 11.1. The normalized spacial score (nSPS) is 19.3. The van der Waals surface area contributed by atoms with Crippen LogP contribution in [0.1, 0.15) is 45.1 Å². The predicted molar refractivity (Wildman–Crippen MR) is 130 cm³/mol. The molecule has 1 saturated carbocycles. The first kappa shape index (κ1) is 25.9. The summed E-state index contributed by atoms with van der Waals surface area (Å²) in [4.78, 5) is 7.18. The SMILES string of the molecule is CCCOc1ccc(CN=C(NCC)NCC2CCN(C3CC3)C2)c(OC(F)F)c1.I. The van der Waals surface area contributed by atoms with Gasteiger partial charge in [0.1, 0.15) is 11.5 Å². The van der Waals surface area contributed by atoms with E-state index in [9.17, 15) is 8.78 Å². The molecule has 1 unspecified atom stereocenters. The Hall–Kier alpha value is -1.36. The third kappa shape index (κ3) is 8.59. The van der Waals surface area contributed by atoms with Gasteiger partial charge in [-0.15, -0.1) is 24.0 Å². The van der Waals surface area contributed by atoms with Gasteiger partial charge in [-0.05, 0) is 57.2 Å². The fourth-order valence-electron chi connectivity index (χ4n) is 3.73. The molecule has 2 aliphatic rings. The van der Waals surface area contributed by atoms with Crippen molar-refractivity contribution in [1.82, 2.24) is 15.5 Å². The maximum absolute atomic E-state index is 12.9. The molecule has 1 heterocycles. The lowest BCUT2D eigenvalue weighted by Crippen LogP contribution is -2.40. The Labute approximate surface area is 201 Å². The molecule has 31 heavy (non-hydrogen) atoms. The third-order valence-corrected chi connectivity index (χ3v) is 5.42. The number of rotatable bonds is 11. The number of guanidine groups is 1. The van der Waals surface area contributed by atoms with Crippen molar-refractivity contribution >= 4 is 29.9 Å². The molecule has 9 heteroatoms. The van der Waals surface area contributed by atoms with Crippen molar-refractivity contribution in [2.24, 2.45) is 10.9 Å². The van der Waals surface area contributed by atoms with Gasteiger partial charge in [0.2, 0.25) is 0 Å². The Balaban J connectivity index is 0.00000341. The van der Waals surface area contributed by atoms with Gasteiger partial charge in [0.05, 0.1) is 13.2 Å². The lowest BCUT2D eigenvalue weighted by Gasteiger charge is -2.17. The van der Waals surface area contributed by atoms with E-state index in [1.54, 1.807) is 12.1 Å². The fourth-order valence-corrected chi connectivity index (χ4v) is 3.73. The maximum atomic E-state index is 12.9. The van der Waals surface area contributed by atoms with Crippen LogP contribution in [0.15, 0.2) is 23.2 Å². The van der Waals surface area contributed by atoms with Crippen LogP contribution in [0.25, 0.3) is 0 Å². The Morgan fingerprint density at radius 1 is 1.23 bits per heavy atom. The molecule has 0 spiro atoms. The smallest absolute Gasteiger partial charge is 0.387 e. The first-order valence-electron chi connectivity index (χ1n) is 11.1. The molecule has 0 amide bonds. The molecule has 1 atom stereocenters. The number of ether oxygens (including phenoxy) is 2. The van der Waals surface area contributed by atoms with E-state index in [-0.39, 0.29) is 36.3 Å². The number of benzene rings is 1. The number of alkyl halides is 2. The Morgan fingerprint density at radius 2 is 2.03 bits per heavy atom.